The van der Waals surface area contributed by atoms with Crippen molar-refractivity contribution in [3.8, 4) is 17.2 Å². The summed E-state index contributed by atoms with van der Waals surface area (Å²) in [7, 11) is 0. The number of ether oxygens (including phenoxy) is 1. The van der Waals surface area contributed by atoms with E-state index in [9.17, 15) is 9.65 Å². The van der Waals surface area contributed by atoms with E-state index < -0.39 is 17.3 Å². The van der Waals surface area contributed by atoms with E-state index in [-0.39, 0.29) is 63.1 Å². The maximum atomic E-state index is 16.5. The molecular weight excluding hydrogens is 501 g/mol. The van der Waals surface area contributed by atoms with Crippen LogP contribution in [0.2, 0.25) is 0 Å². The van der Waals surface area contributed by atoms with Crippen molar-refractivity contribution in [2.45, 2.75) is 43.4 Å². The first-order valence-corrected chi connectivity index (χ1v) is 12.9. The van der Waals surface area contributed by atoms with Crippen molar-refractivity contribution in [3.05, 3.63) is 46.8 Å². The molecule has 2 aromatic carbocycles. The third-order valence-corrected chi connectivity index (χ3v) is 10.5. The summed E-state index contributed by atoms with van der Waals surface area (Å²) in [6, 6.07) is 4.73. The minimum atomic E-state index is -1.13. The lowest BCUT2D eigenvalue weighted by atomic mass is 9.63. The molecule has 5 aliphatic rings. The van der Waals surface area contributed by atoms with Crippen molar-refractivity contribution >= 4 is 43.1 Å². The highest BCUT2D eigenvalue weighted by molar-refractivity contribution is 7.23. The van der Waals surface area contributed by atoms with Crippen LogP contribution in [0.3, 0.4) is 0 Å². The van der Waals surface area contributed by atoms with Gasteiger partial charge in [0.2, 0.25) is 0 Å². The molecule has 11 heteroatoms. The van der Waals surface area contributed by atoms with E-state index in [1.165, 1.54) is 18.5 Å². The maximum absolute atomic E-state index is 16.5. The number of hydrogen-bond donors (Lipinski definition) is 2. The number of rotatable bonds is 2. The van der Waals surface area contributed by atoms with Gasteiger partial charge in [0, 0.05) is 30.0 Å². The first-order chi connectivity index (χ1) is 17.9. The number of thiophene rings is 1. The van der Waals surface area contributed by atoms with Crippen molar-refractivity contribution in [2.24, 2.45) is 5.41 Å². The summed E-state index contributed by atoms with van der Waals surface area (Å²) in [6.45, 7) is 1.06. The van der Waals surface area contributed by atoms with Gasteiger partial charge in [0.25, 0.3) is 0 Å². The minimum Gasteiger partial charge on any atom is -0.389 e. The molecule has 37 heavy (non-hydrogen) atoms. The molecule has 7 nitrogen and oxygen atoms in total. The van der Waals surface area contributed by atoms with Crippen molar-refractivity contribution in [1.82, 2.24) is 15.3 Å². The van der Waals surface area contributed by atoms with Gasteiger partial charge >= 0.3 is 0 Å². The summed E-state index contributed by atoms with van der Waals surface area (Å²) in [5, 5.41) is 14.1. The lowest BCUT2D eigenvalue weighted by Crippen LogP contribution is -2.76. The highest BCUT2D eigenvalue weighted by atomic mass is 32.1. The van der Waals surface area contributed by atoms with E-state index in [1.54, 1.807) is 0 Å². The summed E-state index contributed by atoms with van der Waals surface area (Å²) >= 11 is 0.973. The number of alkyl halides is 1. The number of hydrogen-bond acceptors (Lipinski definition) is 8. The summed E-state index contributed by atoms with van der Waals surface area (Å²) in [5.41, 5.74) is 6.84. The number of piperidine rings is 2. The summed E-state index contributed by atoms with van der Waals surface area (Å²) in [4.78, 5) is 11.1. The minimum absolute atomic E-state index is 0.0243. The van der Waals surface area contributed by atoms with Gasteiger partial charge in [-0.1, -0.05) is 6.07 Å². The number of anilines is 2. The highest BCUT2D eigenvalue weighted by Crippen LogP contribution is 2.84. The molecule has 5 heterocycles. The molecule has 2 aromatic heterocycles. The number of fused-ring (bicyclic) bond motifs is 5. The highest BCUT2D eigenvalue weighted by Gasteiger charge is 2.99. The van der Waals surface area contributed by atoms with Gasteiger partial charge < -0.3 is 20.7 Å². The zero-order chi connectivity index (χ0) is 25.0. The van der Waals surface area contributed by atoms with Crippen LogP contribution in [0.5, 0.6) is 0 Å². The monoisotopic (exact) mass is 518 g/mol. The fraction of sp³-hybridized carbons (Fsp3) is 0.346. The van der Waals surface area contributed by atoms with Crippen LogP contribution in [0.15, 0.2) is 18.5 Å². The topological polar surface area (TPSA) is 100 Å². The number of nitriles is 1. The van der Waals surface area contributed by atoms with Crippen LogP contribution < -0.4 is 16.0 Å². The number of benzene rings is 2. The Morgan fingerprint density at radius 2 is 2.03 bits per heavy atom. The summed E-state index contributed by atoms with van der Waals surface area (Å²) < 4.78 is 52.4. The maximum Gasteiger partial charge on any atom is 0.157 e. The van der Waals surface area contributed by atoms with Gasteiger partial charge in [-0.3, -0.25) is 0 Å². The van der Waals surface area contributed by atoms with Crippen LogP contribution in [0, 0.1) is 28.4 Å². The van der Waals surface area contributed by atoms with E-state index in [1.807, 2.05) is 0 Å². The number of nitrogens with one attached hydrogen (secondary N) is 1. The smallest absolute Gasteiger partial charge is 0.157 e. The number of nitrogen functional groups attached to an aromatic ring is 1. The molecule has 4 fully saturated rings. The average molecular weight is 519 g/mol. The molecule has 0 bridgehead atoms. The van der Waals surface area contributed by atoms with E-state index >= 15 is 8.78 Å². The zero-order valence-electron chi connectivity index (χ0n) is 19.1. The molecule has 3 N–H and O–H groups in total. The van der Waals surface area contributed by atoms with E-state index in [0.717, 1.165) is 16.9 Å². The Morgan fingerprint density at radius 1 is 1.19 bits per heavy atom. The molecule has 0 amide bonds. The first kappa shape index (κ1) is 20.6. The molecule has 1 spiro atoms. The molecule has 3 aliphatic heterocycles. The Morgan fingerprint density at radius 3 is 2.84 bits per heavy atom. The fourth-order valence-electron chi connectivity index (χ4n) is 8.07. The Kier molecular flexibility index (Phi) is 3.42. The lowest BCUT2D eigenvalue weighted by Gasteiger charge is -2.62. The molecule has 2 aliphatic carbocycles. The van der Waals surface area contributed by atoms with Crippen LogP contribution in [0.1, 0.15) is 23.1 Å². The molecule has 0 radical (unpaired) electrons. The summed E-state index contributed by atoms with van der Waals surface area (Å²) in [5.74, 6) is -0.492. The van der Waals surface area contributed by atoms with E-state index in [2.05, 4.69) is 26.3 Å². The quantitative estimate of drug-likeness (QED) is 0.415. The molecule has 2 saturated heterocycles. The normalized spacial score (nSPS) is 32.1. The second kappa shape index (κ2) is 6.15. The predicted octanol–water partition coefficient (Wildman–Crippen LogP) is 3.91. The van der Waals surface area contributed by atoms with Gasteiger partial charge in [-0.25, -0.2) is 23.1 Å². The predicted molar refractivity (Wildman–Crippen MR) is 131 cm³/mol. The molecule has 4 aromatic rings. The first-order valence-electron chi connectivity index (χ1n) is 12.1. The fourth-order valence-corrected chi connectivity index (χ4v) is 9.02. The Balaban J connectivity index is 1.31. The second-order valence-corrected chi connectivity index (χ2v) is 11.6. The Bertz CT molecular complexity index is 1820. The lowest BCUT2D eigenvalue weighted by molar-refractivity contribution is -0.0116. The van der Waals surface area contributed by atoms with Gasteiger partial charge in [0.1, 0.15) is 40.2 Å². The van der Waals surface area contributed by atoms with Crippen LogP contribution >= 0.6 is 11.3 Å². The molecule has 2 saturated carbocycles. The van der Waals surface area contributed by atoms with Gasteiger partial charge in [0.05, 0.1) is 46.4 Å². The van der Waals surface area contributed by atoms with Crippen LogP contribution in [-0.2, 0) is 18.0 Å². The van der Waals surface area contributed by atoms with Crippen molar-refractivity contribution in [1.29, 1.82) is 5.26 Å². The largest absolute Gasteiger partial charge is 0.389 e. The molecular formula is C26H17F3N6OS. The second-order valence-electron chi connectivity index (χ2n) is 10.6. The van der Waals surface area contributed by atoms with Crippen molar-refractivity contribution in [3.63, 3.8) is 0 Å². The molecule has 2 unspecified atom stereocenters. The van der Waals surface area contributed by atoms with Crippen LogP contribution in [0.4, 0.5) is 24.0 Å². The number of aromatic nitrogens is 2. The SMILES string of the molecule is N#Cc1c(N)sc2c(F)ccc(-c3c4c(c5c(N6C7CC8(F)[C@@H]9NC[C@H]6[C@]798)ncnc5c3F)COC4)c12. The van der Waals surface area contributed by atoms with E-state index in [4.69, 9.17) is 10.5 Å². The third kappa shape index (κ3) is 1.96. The molecule has 5 atom stereocenters. The van der Waals surface area contributed by atoms with Crippen molar-refractivity contribution < 1.29 is 17.9 Å². The standard InChI is InChI=1S/C26H17F3N6OS/c27-13-2-1-9(17-10(4-30)22(31)37-21(13)17)16-11-6-36-7-12(11)18-20(19(16)28)33-8-34-23(18)35-14-3-25(29)24-26(14,25)15(35)5-32-24/h1-2,8,14-15,24,32H,3,5-7,31H2/t14?,15-,24-,25?,26+/m0/s1. The molecule has 9 rings (SSSR count). The summed E-state index contributed by atoms with van der Waals surface area (Å²) in [6.07, 6.45) is 1.78. The zero-order valence-corrected chi connectivity index (χ0v) is 19.9. The van der Waals surface area contributed by atoms with E-state index in [0.29, 0.717) is 40.7 Å². The van der Waals surface area contributed by atoms with Crippen LogP contribution in [-0.4, -0.2) is 40.3 Å². The molecule has 184 valence electrons. The number of nitrogens with two attached hydrogens (primary N) is 1. The van der Waals surface area contributed by atoms with Gasteiger partial charge in [0.15, 0.2) is 5.82 Å². The van der Waals surface area contributed by atoms with Gasteiger partial charge in [-0.05, 0) is 22.8 Å². The number of halogens is 3. The van der Waals surface area contributed by atoms with Crippen LogP contribution in [0.25, 0.3) is 32.1 Å². The van der Waals surface area contributed by atoms with Crippen molar-refractivity contribution in [2.75, 3.05) is 17.2 Å². The Labute approximate surface area is 211 Å². The Hall–Kier alpha value is -3.46. The third-order valence-electron chi connectivity index (χ3n) is 9.51. The van der Waals surface area contributed by atoms with Gasteiger partial charge in [-0.15, -0.1) is 11.3 Å². The van der Waals surface area contributed by atoms with Gasteiger partial charge in [-0.2, -0.15) is 5.26 Å². The number of nitrogens with zero attached hydrogens (tertiary/aromatic N) is 4. The average Bonchev–Trinajstić information content (AvgIpc) is 3.40.